The van der Waals surface area contributed by atoms with Crippen LogP contribution < -0.4 is 5.32 Å². The Hall–Kier alpha value is -1.42. The molecule has 0 bridgehead atoms. The van der Waals surface area contributed by atoms with E-state index in [1.165, 1.54) is 19.2 Å². The van der Waals surface area contributed by atoms with E-state index in [1.54, 1.807) is 6.07 Å². The molecule has 0 spiro atoms. The predicted octanol–water partition coefficient (Wildman–Crippen LogP) is 2.50. The number of benzene rings is 1. The first-order chi connectivity index (χ1) is 7.83. The van der Waals surface area contributed by atoms with Gasteiger partial charge in [0.05, 0.1) is 12.7 Å². The molecular weight excluding hydrogens is 221 g/mol. The molecular formula is C13H18FNO2. The Kier molecular flexibility index (Phi) is 4.23. The lowest BCUT2D eigenvalue weighted by Gasteiger charge is -2.20. The zero-order chi connectivity index (χ0) is 13.1. The summed E-state index contributed by atoms with van der Waals surface area (Å²) in [5, 5.41) is 3.27. The topological polar surface area (TPSA) is 38.3 Å². The van der Waals surface area contributed by atoms with Gasteiger partial charge in [-0.25, -0.2) is 9.18 Å². The van der Waals surface area contributed by atoms with E-state index in [1.807, 2.05) is 20.8 Å². The first-order valence-corrected chi connectivity index (χ1v) is 5.45. The number of nitrogens with one attached hydrogen (secondary N) is 1. The first kappa shape index (κ1) is 13.6. The van der Waals surface area contributed by atoms with E-state index in [-0.39, 0.29) is 11.1 Å². The molecule has 0 atom stereocenters. The Morgan fingerprint density at radius 2 is 2.06 bits per heavy atom. The fraction of sp³-hybridized carbons (Fsp3) is 0.462. The van der Waals surface area contributed by atoms with Crippen molar-refractivity contribution < 1.29 is 13.9 Å². The van der Waals surface area contributed by atoms with Crippen molar-refractivity contribution in [3.63, 3.8) is 0 Å². The quantitative estimate of drug-likeness (QED) is 0.824. The van der Waals surface area contributed by atoms with Crippen LogP contribution in [0, 0.1) is 5.82 Å². The summed E-state index contributed by atoms with van der Waals surface area (Å²) in [7, 11) is 1.24. The van der Waals surface area contributed by atoms with Crippen LogP contribution in [0.2, 0.25) is 0 Å². The van der Waals surface area contributed by atoms with Gasteiger partial charge in [-0.3, -0.25) is 0 Å². The van der Waals surface area contributed by atoms with Crippen molar-refractivity contribution >= 4 is 5.97 Å². The number of ether oxygens (including phenoxy) is 1. The van der Waals surface area contributed by atoms with Crippen molar-refractivity contribution in [1.82, 2.24) is 5.32 Å². The zero-order valence-electron chi connectivity index (χ0n) is 10.6. The van der Waals surface area contributed by atoms with Crippen LogP contribution >= 0.6 is 0 Å². The Morgan fingerprint density at radius 3 is 2.59 bits per heavy atom. The van der Waals surface area contributed by atoms with Gasteiger partial charge in [0, 0.05) is 12.1 Å². The van der Waals surface area contributed by atoms with Crippen LogP contribution in [0.1, 0.15) is 36.7 Å². The third-order valence-electron chi connectivity index (χ3n) is 2.26. The number of hydrogen-bond donors (Lipinski definition) is 1. The van der Waals surface area contributed by atoms with Crippen molar-refractivity contribution in [1.29, 1.82) is 0 Å². The molecule has 0 unspecified atom stereocenters. The maximum absolute atomic E-state index is 13.4. The molecule has 0 aliphatic carbocycles. The highest BCUT2D eigenvalue weighted by Crippen LogP contribution is 2.12. The van der Waals surface area contributed by atoms with Crippen molar-refractivity contribution in [2.75, 3.05) is 7.11 Å². The Morgan fingerprint density at radius 1 is 1.41 bits per heavy atom. The smallest absolute Gasteiger partial charge is 0.340 e. The van der Waals surface area contributed by atoms with Gasteiger partial charge in [-0.2, -0.15) is 0 Å². The molecule has 1 N–H and O–H groups in total. The number of esters is 1. The maximum Gasteiger partial charge on any atom is 0.340 e. The average Bonchev–Trinajstić information content (AvgIpc) is 2.26. The minimum absolute atomic E-state index is 0.0271. The largest absolute Gasteiger partial charge is 0.465 e. The van der Waals surface area contributed by atoms with Gasteiger partial charge in [-0.05, 0) is 38.5 Å². The van der Waals surface area contributed by atoms with Crippen LogP contribution in [0.5, 0.6) is 0 Å². The van der Waals surface area contributed by atoms with Crippen LogP contribution in [-0.2, 0) is 11.3 Å². The molecule has 94 valence electrons. The van der Waals surface area contributed by atoms with Gasteiger partial charge in [-0.15, -0.1) is 0 Å². The fourth-order valence-electron chi connectivity index (χ4n) is 1.32. The monoisotopic (exact) mass is 239 g/mol. The van der Waals surface area contributed by atoms with E-state index >= 15 is 0 Å². The third kappa shape index (κ3) is 4.15. The highest BCUT2D eigenvalue weighted by Gasteiger charge is 2.14. The second-order valence-corrected chi connectivity index (χ2v) is 4.91. The Balaban J connectivity index is 2.86. The van der Waals surface area contributed by atoms with Crippen molar-refractivity contribution in [2.45, 2.75) is 32.9 Å². The van der Waals surface area contributed by atoms with Crippen LogP contribution in [0.4, 0.5) is 4.39 Å². The molecule has 17 heavy (non-hydrogen) atoms. The molecule has 0 heterocycles. The van der Waals surface area contributed by atoms with E-state index < -0.39 is 11.8 Å². The van der Waals surface area contributed by atoms with Crippen LogP contribution in [-0.4, -0.2) is 18.6 Å². The number of carbonyl (C=O) groups is 1. The Labute approximate surface area is 101 Å². The second-order valence-electron chi connectivity index (χ2n) is 4.91. The summed E-state index contributed by atoms with van der Waals surface area (Å²) in [5.74, 6) is -1.21. The molecule has 0 aliphatic heterocycles. The molecule has 1 rings (SSSR count). The summed E-state index contributed by atoms with van der Waals surface area (Å²) in [6, 6.07) is 4.45. The molecule has 0 aliphatic rings. The van der Waals surface area contributed by atoms with E-state index in [9.17, 15) is 9.18 Å². The van der Waals surface area contributed by atoms with Gasteiger partial charge in [0.15, 0.2) is 0 Å². The number of halogens is 1. The Bertz CT molecular complexity index is 410. The van der Waals surface area contributed by atoms with Crippen LogP contribution in [0.3, 0.4) is 0 Å². The lowest BCUT2D eigenvalue weighted by molar-refractivity contribution is 0.0595. The fourth-order valence-corrected chi connectivity index (χ4v) is 1.32. The van der Waals surface area contributed by atoms with Crippen molar-refractivity contribution in [3.8, 4) is 0 Å². The molecule has 1 aromatic rings. The first-order valence-electron chi connectivity index (χ1n) is 5.45. The molecule has 0 saturated heterocycles. The van der Waals surface area contributed by atoms with Gasteiger partial charge >= 0.3 is 5.97 Å². The van der Waals surface area contributed by atoms with E-state index in [0.717, 1.165) is 5.56 Å². The molecule has 4 heteroatoms. The summed E-state index contributed by atoms with van der Waals surface area (Å²) in [6.07, 6.45) is 0. The zero-order valence-corrected chi connectivity index (χ0v) is 10.6. The molecule has 0 fully saturated rings. The number of methoxy groups -OCH3 is 1. The van der Waals surface area contributed by atoms with Gasteiger partial charge in [0.25, 0.3) is 0 Å². The summed E-state index contributed by atoms with van der Waals surface area (Å²) in [6.45, 7) is 6.70. The van der Waals surface area contributed by atoms with Crippen LogP contribution in [0.25, 0.3) is 0 Å². The number of carbonyl (C=O) groups excluding carboxylic acids is 1. The summed E-state index contributed by atoms with van der Waals surface area (Å²) in [4.78, 5) is 11.3. The second kappa shape index (κ2) is 5.27. The minimum Gasteiger partial charge on any atom is -0.465 e. The molecule has 0 saturated carbocycles. The normalized spacial score (nSPS) is 11.4. The lowest BCUT2D eigenvalue weighted by atomic mass is 10.1. The SMILES string of the molecule is COC(=O)c1cc(CNC(C)(C)C)ccc1F. The molecule has 0 amide bonds. The van der Waals surface area contributed by atoms with Gasteiger partial charge < -0.3 is 10.1 Å². The third-order valence-corrected chi connectivity index (χ3v) is 2.26. The van der Waals surface area contributed by atoms with E-state index in [4.69, 9.17) is 0 Å². The summed E-state index contributed by atoms with van der Waals surface area (Å²) < 4.78 is 17.9. The van der Waals surface area contributed by atoms with E-state index in [2.05, 4.69) is 10.1 Å². The lowest BCUT2D eigenvalue weighted by Crippen LogP contribution is -2.35. The number of rotatable bonds is 3. The molecule has 3 nitrogen and oxygen atoms in total. The van der Waals surface area contributed by atoms with Gasteiger partial charge in [0.1, 0.15) is 5.82 Å². The summed E-state index contributed by atoms with van der Waals surface area (Å²) >= 11 is 0. The standard InChI is InChI=1S/C13H18FNO2/c1-13(2,3)15-8-9-5-6-11(14)10(7-9)12(16)17-4/h5-7,15H,8H2,1-4H3. The predicted molar refractivity (Wildman–Crippen MR) is 64.3 cm³/mol. The van der Waals surface area contributed by atoms with Crippen LogP contribution in [0.15, 0.2) is 18.2 Å². The number of hydrogen-bond acceptors (Lipinski definition) is 3. The highest BCUT2D eigenvalue weighted by atomic mass is 19.1. The van der Waals surface area contributed by atoms with Crippen molar-refractivity contribution in [3.05, 3.63) is 35.1 Å². The average molecular weight is 239 g/mol. The molecule has 0 radical (unpaired) electrons. The van der Waals surface area contributed by atoms with E-state index in [0.29, 0.717) is 6.54 Å². The molecule has 0 aromatic heterocycles. The van der Waals surface area contributed by atoms with Crippen molar-refractivity contribution in [2.24, 2.45) is 0 Å². The minimum atomic E-state index is -0.653. The van der Waals surface area contributed by atoms with Gasteiger partial charge in [-0.1, -0.05) is 6.07 Å². The highest BCUT2D eigenvalue weighted by molar-refractivity contribution is 5.89. The van der Waals surface area contributed by atoms with Gasteiger partial charge in [0.2, 0.25) is 0 Å². The summed E-state index contributed by atoms with van der Waals surface area (Å²) in [5.41, 5.74) is 0.794. The molecule has 1 aromatic carbocycles. The maximum atomic E-state index is 13.4.